The zero-order chi connectivity index (χ0) is 14.8. The van der Waals surface area contributed by atoms with Crippen LogP contribution in [0.15, 0.2) is 24.3 Å². The minimum atomic E-state index is -0.503. The SMILES string of the molecule is CC(C)(CN)C(=O)N1CCN(c2ccccc2O)CC1.Cl. The summed E-state index contributed by atoms with van der Waals surface area (Å²) in [7, 11) is 0. The lowest BCUT2D eigenvalue weighted by atomic mass is 9.91. The van der Waals surface area contributed by atoms with Crippen LogP contribution in [0.3, 0.4) is 0 Å². The van der Waals surface area contributed by atoms with Crippen LogP contribution in [-0.4, -0.2) is 48.6 Å². The fourth-order valence-corrected chi connectivity index (χ4v) is 2.40. The van der Waals surface area contributed by atoms with Crippen LogP contribution in [-0.2, 0) is 4.79 Å². The van der Waals surface area contributed by atoms with Gasteiger partial charge in [-0.05, 0) is 26.0 Å². The largest absolute Gasteiger partial charge is 0.506 e. The van der Waals surface area contributed by atoms with E-state index in [1.54, 1.807) is 6.07 Å². The maximum Gasteiger partial charge on any atom is 0.229 e. The zero-order valence-corrected chi connectivity index (χ0v) is 13.4. The van der Waals surface area contributed by atoms with Crippen molar-refractivity contribution in [2.45, 2.75) is 13.8 Å². The van der Waals surface area contributed by atoms with Gasteiger partial charge < -0.3 is 20.6 Å². The van der Waals surface area contributed by atoms with Crippen LogP contribution in [0.4, 0.5) is 5.69 Å². The van der Waals surface area contributed by atoms with E-state index in [0.717, 1.165) is 18.8 Å². The maximum atomic E-state index is 12.3. The summed E-state index contributed by atoms with van der Waals surface area (Å²) in [5, 5.41) is 9.87. The molecular formula is C15H24ClN3O2. The van der Waals surface area contributed by atoms with Crippen LogP contribution in [0.1, 0.15) is 13.8 Å². The van der Waals surface area contributed by atoms with E-state index in [1.165, 1.54) is 0 Å². The van der Waals surface area contributed by atoms with E-state index in [0.29, 0.717) is 19.6 Å². The van der Waals surface area contributed by atoms with Crippen molar-refractivity contribution in [2.75, 3.05) is 37.6 Å². The minimum Gasteiger partial charge on any atom is -0.506 e. The lowest BCUT2D eigenvalue weighted by Gasteiger charge is -2.39. The van der Waals surface area contributed by atoms with Crippen molar-refractivity contribution >= 4 is 24.0 Å². The van der Waals surface area contributed by atoms with Gasteiger partial charge in [-0.2, -0.15) is 0 Å². The number of amides is 1. The second kappa shape index (κ2) is 7.00. The summed E-state index contributed by atoms with van der Waals surface area (Å²) in [6, 6.07) is 7.30. The van der Waals surface area contributed by atoms with Crippen LogP contribution in [0.2, 0.25) is 0 Å². The van der Waals surface area contributed by atoms with Gasteiger partial charge in [0.25, 0.3) is 0 Å². The van der Waals surface area contributed by atoms with Gasteiger partial charge in [-0.15, -0.1) is 12.4 Å². The number of carbonyl (C=O) groups is 1. The van der Waals surface area contributed by atoms with E-state index in [1.807, 2.05) is 36.9 Å². The van der Waals surface area contributed by atoms with Crippen molar-refractivity contribution in [1.29, 1.82) is 0 Å². The molecule has 1 aromatic carbocycles. The predicted molar refractivity (Wildman–Crippen MR) is 87.0 cm³/mol. The van der Waals surface area contributed by atoms with Gasteiger partial charge >= 0.3 is 0 Å². The van der Waals surface area contributed by atoms with Gasteiger partial charge in [-0.1, -0.05) is 12.1 Å². The van der Waals surface area contributed by atoms with E-state index in [-0.39, 0.29) is 24.1 Å². The maximum absolute atomic E-state index is 12.3. The number of piperazine rings is 1. The molecule has 1 aliphatic rings. The predicted octanol–water partition coefficient (Wildman–Crippen LogP) is 1.45. The highest BCUT2D eigenvalue weighted by atomic mass is 35.5. The fraction of sp³-hybridized carbons (Fsp3) is 0.533. The van der Waals surface area contributed by atoms with E-state index < -0.39 is 5.41 Å². The molecule has 0 aliphatic carbocycles. The number of halogens is 1. The number of hydrogen-bond acceptors (Lipinski definition) is 4. The molecule has 118 valence electrons. The summed E-state index contributed by atoms with van der Waals surface area (Å²) in [6.45, 7) is 6.89. The molecule has 0 bridgehead atoms. The Kier molecular flexibility index (Phi) is 5.87. The second-order valence-corrected chi connectivity index (χ2v) is 5.86. The van der Waals surface area contributed by atoms with Crippen LogP contribution in [0.25, 0.3) is 0 Å². The number of phenolic OH excluding ortho intramolecular Hbond substituents is 1. The number of benzene rings is 1. The van der Waals surface area contributed by atoms with Gasteiger partial charge in [-0.25, -0.2) is 0 Å². The van der Waals surface area contributed by atoms with Crippen molar-refractivity contribution in [3.8, 4) is 5.75 Å². The van der Waals surface area contributed by atoms with Crippen LogP contribution >= 0.6 is 12.4 Å². The molecule has 1 heterocycles. The molecule has 1 aromatic rings. The monoisotopic (exact) mass is 313 g/mol. The quantitative estimate of drug-likeness (QED) is 0.886. The van der Waals surface area contributed by atoms with Crippen LogP contribution in [0.5, 0.6) is 5.75 Å². The summed E-state index contributed by atoms with van der Waals surface area (Å²) in [4.78, 5) is 16.3. The minimum absolute atomic E-state index is 0. The molecule has 1 aliphatic heterocycles. The molecule has 1 amide bonds. The Bertz CT molecular complexity index is 486. The Labute approximate surface area is 132 Å². The molecule has 0 aromatic heterocycles. The van der Waals surface area contributed by atoms with E-state index in [2.05, 4.69) is 4.90 Å². The van der Waals surface area contributed by atoms with Crippen molar-refractivity contribution in [3.63, 3.8) is 0 Å². The summed E-state index contributed by atoms with van der Waals surface area (Å²) in [6.07, 6.45) is 0. The Hall–Kier alpha value is -1.46. The number of phenols is 1. The molecule has 6 heteroatoms. The summed E-state index contributed by atoms with van der Waals surface area (Å²) in [5.74, 6) is 0.395. The Morgan fingerprint density at radius 3 is 2.33 bits per heavy atom. The Balaban J connectivity index is 0.00000220. The average Bonchev–Trinajstić information content (AvgIpc) is 2.47. The molecule has 5 nitrogen and oxygen atoms in total. The summed E-state index contributed by atoms with van der Waals surface area (Å²) in [5.41, 5.74) is 5.99. The number of carbonyl (C=O) groups excluding carboxylic acids is 1. The first-order valence-corrected chi connectivity index (χ1v) is 6.98. The third-order valence-corrected chi connectivity index (χ3v) is 3.88. The normalized spacial score (nSPS) is 15.6. The highest BCUT2D eigenvalue weighted by Crippen LogP contribution is 2.28. The average molecular weight is 314 g/mol. The third-order valence-electron chi connectivity index (χ3n) is 3.88. The van der Waals surface area contributed by atoms with Crippen LogP contribution in [0, 0.1) is 5.41 Å². The Morgan fingerprint density at radius 1 is 1.24 bits per heavy atom. The topological polar surface area (TPSA) is 69.8 Å². The van der Waals surface area contributed by atoms with Crippen molar-refractivity contribution in [3.05, 3.63) is 24.3 Å². The first kappa shape index (κ1) is 17.6. The van der Waals surface area contributed by atoms with Crippen LogP contribution < -0.4 is 10.6 Å². The molecule has 21 heavy (non-hydrogen) atoms. The highest BCUT2D eigenvalue weighted by Gasteiger charge is 2.32. The number of nitrogens with zero attached hydrogens (tertiary/aromatic N) is 2. The zero-order valence-electron chi connectivity index (χ0n) is 12.6. The number of hydrogen-bond donors (Lipinski definition) is 2. The number of anilines is 1. The number of aromatic hydroxyl groups is 1. The second-order valence-electron chi connectivity index (χ2n) is 5.86. The van der Waals surface area contributed by atoms with Gasteiger partial charge in [0.15, 0.2) is 0 Å². The van der Waals surface area contributed by atoms with E-state index in [9.17, 15) is 9.90 Å². The molecular weight excluding hydrogens is 290 g/mol. The standard InChI is InChI=1S/C15H23N3O2.ClH/c1-15(2,11-16)14(20)18-9-7-17(8-10-18)12-5-3-4-6-13(12)19;/h3-6,19H,7-11,16H2,1-2H3;1H. The number of rotatable bonds is 3. The highest BCUT2D eigenvalue weighted by molar-refractivity contribution is 5.85. The number of para-hydroxylation sites is 2. The van der Waals surface area contributed by atoms with E-state index in [4.69, 9.17) is 5.73 Å². The molecule has 0 radical (unpaired) electrons. The summed E-state index contributed by atoms with van der Waals surface area (Å²) >= 11 is 0. The molecule has 2 rings (SSSR count). The molecule has 0 atom stereocenters. The Morgan fingerprint density at radius 2 is 1.81 bits per heavy atom. The van der Waals surface area contributed by atoms with Gasteiger partial charge in [0, 0.05) is 32.7 Å². The van der Waals surface area contributed by atoms with Gasteiger partial charge in [0.2, 0.25) is 5.91 Å². The summed E-state index contributed by atoms with van der Waals surface area (Å²) < 4.78 is 0. The smallest absolute Gasteiger partial charge is 0.229 e. The van der Waals surface area contributed by atoms with Crippen molar-refractivity contribution < 1.29 is 9.90 Å². The van der Waals surface area contributed by atoms with Crippen molar-refractivity contribution in [2.24, 2.45) is 11.1 Å². The first-order valence-electron chi connectivity index (χ1n) is 6.98. The van der Waals surface area contributed by atoms with E-state index >= 15 is 0 Å². The third kappa shape index (κ3) is 3.80. The van der Waals surface area contributed by atoms with Crippen molar-refractivity contribution in [1.82, 2.24) is 4.90 Å². The van der Waals surface area contributed by atoms with Gasteiger partial charge in [0.1, 0.15) is 5.75 Å². The molecule has 0 spiro atoms. The molecule has 0 saturated carbocycles. The fourth-order valence-electron chi connectivity index (χ4n) is 2.40. The molecule has 3 N–H and O–H groups in total. The molecule has 0 unspecified atom stereocenters. The lowest BCUT2D eigenvalue weighted by Crippen LogP contribution is -2.53. The van der Waals surface area contributed by atoms with Gasteiger partial charge in [0.05, 0.1) is 11.1 Å². The first-order chi connectivity index (χ1) is 9.45. The molecule has 1 saturated heterocycles. The lowest BCUT2D eigenvalue weighted by molar-refractivity contribution is -0.140. The molecule has 1 fully saturated rings. The van der Waals surface area contributed by atoms with Gasteiger partial charge in [-0.3, -0.25) is 4.79 Å². The number of nitrogens with two attached hydrogens (primary N) is 1.